The summed E-state index contributed by atoms with van der Waals surface area (Å²) >= 11 is -1.12. The molecule has 0 spiro atoms. The molecule has 110 valence electrons. The zero-order chi connectivity index (χ0) is 14.6. The molecule has 1 aliphatic rings. The SMILES string of the molecule is CC(C)(C)[S@@+]([O-])NC(c1ccccc1)[C@@H]1CCC=CO1. The van der Waals surface area contributed by atoms with Crippen LogP contribution in [-0.4, -0.2) is 15.4 Å². The van der Waals surface area contributed by atoms with Crippen LogP contribution in [0.4, 0.5) is 0 Å². The summed E-state index contributed by atoms with van der Waals surface area (Å²) in [7, 11) is 0. The lowest BCUT2D eigenvalue weighted by atomic mass is 9.98. The monoisotopic (exact) mass is 293 g/mol. The number of hydrogen-bond donors (Lipinski definition) is 1. The van der Waals surface area contributed by atoms with E-state index in [2.05, 4.69) is 16.9 Å². The van der Waals surface area contributed by atoms with E-state index in [4.69, 9.17) is 4.74 Å². The maximum absolute atomic E-state index is 12.4. The van der Waals surface area contributed by atoms with Crippen molar-refractivity contribution in [3.8, 4) is 0 Å². The first-order valence-electron chi connectivity index (χ1n) is 7.02. The number of allylic oxidation sites excluding steroid dienone is 1. The summed E-state index contributed by atoms with van der Waals surface area (Å²) in [5.74, 6) is 0. The Morgan fingerprint density at radius 2 is 2.00 bits per heavy atom. The van der Waals surface area contributed by atoms with Crippen molar-refractivity contribution in [2.24, 2.45) is 0 Å². The second-order valence-corrected chi connectivity index (χ2v) is 8.01. The van der Waals surface area contributed by atoms with Crippen molar-refractivity contribution in [1.29, 1.82) is 0 Å². The van der Waals surface area contributed by atoms with Gasteiger partial charge in [0.25, 0.3) is 0 Å². The van der Waals surface area contributed by atoms with Gasteiger partial charge in [0, 0.05) is 11.4 Å². The van der Waals surface area contributed by atoms with Gasteiger partial charge in [-0.15, -0.1) is 4.72 Å². The number of rotatable bonds is 4. The van der Waals surface area contributed by atoms with E-state index in [9.17, 15) is 4.55 Å². The van der Waals surface area contributed by atoms with Crippen LogP contribution in [0, 0.1) is 0 Å². The highest BCUT2D eigenvalue weighted by molar-refractivity contribution is 7.90. The summed E-state index contributed by atoms with van der Waals surface area (Å²) < 4.78 is 21.1. The second kappa shape index (κ2) is 6.66. The molecule has 4 heteroatoms. The quantitative estimate of drug-likeness (QED) is 0.865. The molecule has 1 heterocycles. The van der Waals surface area contributed by atoms with Crippen LogP contribution in [0.5, 0.6) is 0 Å². The standard InChI is InChI=1S/C16H23NO2S/c1-16(2,3)20(18)17-15(13-9-5-4-6-10-13)14-11-7-8-12-19-14/h4-6,8-10,12,14-15,17H,7,11H2,1-3H3/t14-,15?,20+/m0/s1. The van der Waals surface area contributed by atoms with Crippen molar-refractivity contribution in [2.75, 3.05) is 0 Å². The molecule has 3 nitrogen and oxygen atoms in total. The predicted molar refractivity (Wildman–Crippen MR) is 83.5 cm³/mol. The first-order valence-corrected chi connectivity index (χ1v) is 8.17. The molecule has 1 N–H and O–H groups in total. The maximum Gasteiger partial charge on any atom is 0.136 e. The topological polar surface area (TPSA) is 44.3 Å². The Morgan fingerprint density at radius 3 is 2.55 bits per heavy atom. The second-order valence-electron chi connectivity index (χ2n) is 6.01. The molecule has 0 aromatic heterocycles. The lowest BCUT2D eigenvalue weighted by Gasteiger charge is -2.33. The van der Waals surface area contributed by atoms with Crippen LogP contribution in [-0.2, 0) is 16.1 Å². The lowest BCUT2D eigenvalue weighted by molar-refractivity contribution is 0.0933. The highest BCUT2D eigenvalue weighted by Gasteiger charge is 2.34. The van der Waals surface area contributed by atoms with Crippen molar-refractivity contribution < 1.29 is 9.29 Å². The van der Waals surface area contributed by atoms with Crippen molar-refractivity contribution in [1.82, 2.24) is 4.72 Å². The maximum atomic E-state index is 12.4. The molecular weight excluding hydrogens is 270 g/mol. The van der Waals surface area contributed by atoms with Crippen LogP contribution < -0.4 is 4.72 Å². The summed E-state index contributed by atoms with van der Waals surface area (Å²) in [5, 5.41) is 0. The summed E-state index contributed by atoms with van der Waals surface area (Å²) in [6, 6.07) is 10.0. The first-order chi connectivity index (χ1) is 9.48. The Balaban J connectivity index is 2.18. The van der Waals surface area contributed by atoms with Gasteiger partial charge in [-0.3, -0.25) is 0 Å². The molecule has 0 bridgehead atoms. The summed E-state index contributed by atoms with van der Waals surface area (Å²) in [4.78, 5) is 0. The summed E-state index contributed by atoms with van der Waals surface area (Å²) in [6.45, 7) is 5.92. The van der Waals surface area contributed by atoms with Gasteiger partial charge in [-0.05, 0) is 45.3 Å². The Bertz CT molecular complexity index is 442. The smallest absolute Gasteiger partial charge is 0.136 e. The van der Waals surface area contributed by atoms with Crippen LogP contribution in [0.3, 0.4) is 0 Å². The van der Waals surface area contributed by atoms with E-state index in [0.29, 0.717) is 0 Å². The Labute approximate surface area is 124 Å². The predicted octanol–water partition coefficient (Wildman–Crippen LogP) is 3.47. The van der Waals surface area contributed by atoms with E-state index in [0.717, 1.165) is 18.4 Å². The van der Waals surface area contributed by atoms with Gasteiger partial charge in [-0.1, -0.05) is 30.3 Å². The average molecular weight is 293 g/mol. The van der Waals surface area contributed by atoms with Crippen LogP contribution in [0.25, 0.3) is 0 Å². The Kier molecular flexibility index (Phi) is 5.13. The van der Waals surface area contributed by atoms with E-state index in [1.165, 1.54) is 0 Å². The van der Waals surface area contributed by atoms with Gasteiger partial charge in [0.1, 0.15) is 16.9 Å². The third-order valence-electron chi connectivity index (χ3n) is 3.29. The first kappa shape index (κ1) is 15.4. The number of hydrogen-bond acceptors (Lipinski definition) is 3. The van der Waals surface area contributed by atoms with Gasteiger partial charge in [-0.25, -0.2) is 0 Å². The minimum absolute atomic E-state index is 0.0219. The number of ether oxygens (including phenoxy) is 1. The van der Waals surface area contributed by atoms with Gasteiger partial charge in [0.05, 0.1) is 6.26 Å². The number of nitrogens with one attached hydrogen (secondary N) is 1. The van der Waals surface area contributed by atoms with Gasteiger partial charge in [0.2, 0.25) is 0 Å². The summed E-state index contributed by atoms with van der Waals surface area (Å²) in [6.07, 6.45) is 5.74. The van der Waals surface area contributed by atoms with E-state index in [-0.39, 0.29) is 16.9 Å². The Morgan fingerprint density at radius 1 is 1.30 bits per heavy atom. The fourth-order valence-corrected chi connectivity index (χ4v) is 2.98. The molecule has 1 aromatic rings. The molecule has 1 aliphatic heterocycles. The molecule has 0 aliphatic carbocycles. The van der Waals surface area contributed by atoms with Crippen LogP contribution in [0.1, 0.15) is 45.2 Å². The minimum atomic E-state index is -1.12. The van der Waals surface area contributed by atoms with Gasteiger partial charge in [-0.2, -0.15) is 0 Å². The molecule has 0 saturated carbocycles. The third kappa shape index (κ3) is 4.01. The zero-order valence-corrected chi connectivity index (χ0v) is 13.2. The van der Waals surface area contributed by atoms with E-state index in [1.54, 1.807) is 6.26 Å². The molecule has 20 heavy (non-hydrogen) atoms. The fourth-order valence-electron chi connectivity index (χ4n) is 2.11. The third-order valence-corrected chi connectivity index (χ3v) is 4.87. The fraction of sp³-hybridized carbons (Fsp3) is 0.500. The van der Waals surface area contributed by atoms with Gasteiger partial charge >= 0.3 is 0 Å². The molecule has 0 amide bonds. The number of benzene rings is 1. The highest BCUT2D eigenvalue weighted by Crippen LogP contribution is 2.28. The summed E-state index contributed by atoms with van der Waals surface area (Å²) in [5.41, 5.74) is 1.12. The van der Waals surface area contributed by atoms with Crippen molar-refractivity contribution >= 4 is 11.4 Å². The molecule has 0 radical (unpaired) electrons. The zero-order valence-electron chi connectivity index (χ0n) is 12.3. The molecule has 3 atom stereocenters. The van der Waals surface area contributed by atoms with Gasteiger partial charge < -0.3 is 9.29 Å². The molecule has 0 fully saturated rings. The van der Waals surface area contributed by atoms with Gasteiger partial charge in [0.15, 0.2) is 0 Å². The molecular formula is C16H23NO2S. The largest absolute Gasteiger partial charge is 0.598 e. The Hall–Kier alpha value is -0.970. The molecule has 0 saturated heterocycles. The molecule has 2 rings (SSSR count). The van der Waals surface area contributed by atoms with E-state index in [1.807, 2.05) is 45.0 Å². The highest BCUT2D eigenvalue weighted by atomic mass is 32.2. The molecule has 1 unspecified atom stereocenters. The minimum Gasteiger partial charge on any atom is -0.598 e. The van der Waals surface area contributed by atoms with Crippen molar-refractivity contribution in [3.63, 3.8) is 0 Å². The van der Waals surface area contributed by atoms with Crippen molar-refractivity contribution in [3.05, 3.63) is 48.2 Å². The van der Waals surface area contributed by atoms with Crippen LogP contribution >= 0.6 is 0 Å². The normalized spacial score (nSPS) is 22.1. The van der Waals surface area contributed by atoms with E-state index >= 15 is 0 Å². The van der Waals surface area contributed by atoms with Crippen molar-refractivity contribution in [2.45, 2.75) is 50.5 Å². The lowest BCUT2D eigenvalue weighted by Crippen LogP contribution is -2.45. The average Bonchev–Trinajstić information content (AvgIpc) is 2.45. The molecule has 1 aromatic carbocycles. The van der Waals surface area contributed by atoms with Crippen LogP contribution in [0.2, 0.25) is 0 Å². The van der Waals surface area contributed by atoms with Crippen LogP contribution in [0.15, 0.2) is 42.7 Å². The van der Waals surface area contributed by atoms with E-state index < -0.39 is 11.4 Å².